The van der Waals surface area contributed by atoms with Crippen molar-refractivity contribution in [3.8, 4) is 0 Å². The molecule has 0 unspecified atom stereocenters. The lowest BCUT2D eigenvalue weighted by Gasteiger charge is -2.42. The molecule has 0 aliphatic carbocycles. The number of carboxylic acid groups (broad SMARTS) is 2. The van der Waals surface area contributed by atoms with E-state index in [1.165, 1.54) is 0 Å². The molecule has 47 heteroatoms. The summed E-state index contributed by atoms with van der Waals surface area (Å²) in [5.41, 5.74) is 0. The van der Waals surface area contributed by atoms with Gasteiger partial charge in [0.1, 0.15) is 0 Å². The first-order valence-electron chi connectivity index (χ1n) is 13.0. The zero-order valence-corrected chi connectivity index (χ0v) is 28.9. The Labute approximate surface area is 326 Å². The Kier molecular flexibility index (Phi) is 14.3. The van der Waals surface area contributed by atoms with Crippen molar-refractivity contribution in [3.05, 3.63) is 0 Å². The lowest BCUT2D eigenvalue weighted by Crippen LogP contribution is -2.75. The van der Waals surface area contributed by atoms with Gasteiger partial charge in [-0.2, -0.15) is 176 Å². The van der Waals surface area contributed by atoms with Crippen LogP contribution in [0.3, 0.4) is 0 Å². The third-order valence-electron chi connectivity index (χ3n) is 6.92. The molecule has 11 nitrogen and oxygen atoms in total. The highest BCUT2D eigenvalue weighted by molar-refractivity contribution is 7.88. The van der Waals surface area contributed by atoms with Crippen LogP contribution in [0.2, 0.25) is 0 Å². The Hall–Kier alpha value is -3.66. The molecule has 0 rings (SSSR count). The van der Waals surface area contributed by atoms with E-state index in [2.05, 4.69) is 0 Å². The predicted molar refractivity (Wildman–Crippen MR) is 118 cm³/mol. The summed E-state index contributed by atoms with van der Waals surface area (Å²) in [5, 5.41) is -1.67. The van der Waals surface area contributed by atoms with E-state index in [1.54, 1.807) is 8.57 Å². The van der Waals surface area contributed by atoms with Crippen LogP contribution in [0.5, 0.6) is 0 Å². The van der Waals surface area contributed by atoms with Crippen molar-refractivity contribution < 1.29 is 199 Å². The first-order chi connectivity index (χ1) is 27.3. The summed E-state index contributed by atoms with van der Waals surface area (Å²) in [5.74, 6) is -115. The molecule has 388 valence electrons. The summed E-state index contributed by atoms with van der Waals surface area (Å²) in [6, 6.07) is 0. The Bertz CT molecular complexity index is 1920. The lowest BCUT2D eigenvalue weighted by atomic mass is 9.91. The van der Waals surface area contributed by atoms with Gasteiger partial charge in [0.25, 0.3) is 0 Å². The maximum atomic E-state index is 14.3. The summed E-state index contributed by atoms with van der Waals surface area (Å²) in [7, 11) is -20.2. The number of nitrogens with zero attached hydrogens (tertiary/aromatic N) is 1. The number of amides is 2. The van der Waals surface area contributed by atoms with Crippen molar-refractivity contribution in [1.29, 1.82) is 0 Å². The van der Waals surface area contributed by atoms with Crippen molar-refractivity contribution in [2.75, 3.05) is 0 Å². The van der Waals surface area contributed by atoms with Gasteiger partial charge in [-0.3, -0.25) is 0 Å². The van der Waals surface area contributed by atoms with E-state index in [0.29, 0.717) is 0 Å². The Morgan fingerprint density at radius 3 is 0.569 bits per heavy atom. The quantitative estimate of drug-likeness (QED) is 0.0769. The minimum Gasteiger partial charge on any atom is -0.430 e. The Balaban J connectivity index is 7.99. The van der Waals surface area contributed by atoms with Gasteiger partial charge in [0.05, 0.1) is 0 Å². The number of hydrogen-bond acceptors (Lipinski definition) is 8. The van der Waals surface area contributed by atoms with Gasteiger partial charge in [-0.15, -0.1) is 0 Å². The predicted octanol–water partition coefficient (Wildman–Crippen LogP) is 9.62. The third kappa shape index (κ3) is 7.60. The van der Waals surface area contributed by atoms with Crippen LogP contribution in [0.25, 0.3) is 0 Å². The van der Waals surface area contributed by atoms with E-state index >= 15 is 0 Å². The van der Waals surface area contributed by atoms with Crippen molar-refractivity contribution in [2.24, 2.45) is 0 Å². The molecule has 0 saturated heterocycles. The van der Waals surface area contributed by atoms with Gasteiger partial charge in [-0.1, -0.05) is 0 Å². The number of quaternary nitrogens is 1. The normalized spacial score (nSPS) is 16.8. The molecule has 0 saturated carbocycles. The molecular formula is C18H2F34NO10S2+. The van der Waals surface area contributed by atoms with E-state index in [4.69, 9.17) is 10.2 Å². The standard InChI is InChI=1S/C18HF34NO10S2/c19-3(20,7(27,28)11(35,36)15(43,44)45)5(23,24)9(31,32)13(39,40)17(49,50)64(58,59)62-53(1(54)55,2(56)57)63-65(60,61)18(51,52)14(41,42)10(33,34)6(25,26)4(21,22)8(29,30)12(37,38)16(46,47)48/h(H-,54,55,56,57)/p+1. The SMILES string of the molecule is O=C(O)[N+](OS(=O)(=O)C(F)(F)C(F)(F)C(F)(F)C(F)(F)C(F)(F)C(F)(F)C(F)(F)C(F)(F)F)(OS(=O)(=O)C(F)(F)C(F)(F)C(F)(F)C(F)(F)C(F)(F)C(F)(F)C(F)(F)C(F)(F)F)C(=O)O. The number of hydroxylamine groups is 4. The van der Waals surface area contributed by atoms with Crippen LogP contribution in [0, 0.1) is 0 Å². The minimum absolute atomic E-state index is 1.60. The highest BCUT2D eigenvalue weighted by Gasteiger charge is 2.99. The van der Waals surface area contributed by atoms with Crippen LogP contribution in [0.15, 0.2) is 0 Å². The highest BCUT2D eigenvalue weighted by Crippen LogP contribution is 2.67. The van der Waals surface area contributed by atoms with Gasteiger partial charge in [0.15, 0.2) is 0 Å². The zero-order valence-electron chi connectivity index (χ0n) is 27.3. The van der Waals surface area contributed by atoms with E-state index in [1.807, 2.05) is 0 Å². The molecule has 0 fully saturated rings. The second-order valence-electron chi connectivity index (χ2n) is 11.1. The van der Waals surface area contributed by atoms with Crippen LogP contribution in [-0.4, -0.2) is 138 Å². The number of hydrogen-bond donors (Lipinski definition) is 2. The van der Waals surface area contributed by atoms with E-state index in [-0.39, 0.29) is 0 Å². The van der Waals surface area contributed by atoms with Gasteiger partial charge in [-0.05, 0) is 8.57 Å². The van der Waals surface area contributed by atoms with E-state index in [9.17, 15) is 176 Å². The van der Waals surface area contributed by atoms with Gasteiger partial charge in [0, 0.05) is 0 Å². The number of alkyl halides is 34. The minimum atomic E-state index is -10.1. The number of rotatable bonds is 18. The second-order valence-corrected chi connectivity index (χ2v) is 14.2. The molecule has 0 atom stereocenters. The molecule has 0 spiro atoms. The summed E-state index contributed by atoms with van der Waals surface area (Å²) < 4.78 is 508. The first-order valence-corrected chi connectivity index (χ1v) is 15.8. The van der Waals surface area contributed by atoms with E-state index < -0.39 is 131 Å². The summed E-state index contributed by atoms with van der Waals surface area (Å²) >= 11 is 0. The molecule has 0 heterocycles. The molecule has 0 bridgehead atoms. The summed E-state index contributed by atoms with van der Waals surface area (Å²) in [6.45, 7) is 0. The Morgan fingerprint density at radius 1 is 0.292 bits per heavy atom. The maximum Gasteiger partial charge on any atom is 0.597 e. The van der Waals surface area contributed by atoms with Crippen molar-refractivity contribution in [1.82, 2.24) is 0 Å². The molecule has 0 aromatic carbocycles. The first kappa shape index (κ1) is 61.3. The molecule has 65 heavy (non-hydrogen) atoms. The largest absolute Gasteiger partial charge is 0.597 e. The number of imide groups is 1. The number of carbonyl (C=O) groups is 2. The van der Waals surface area contributed by atoms with Crippen LogP contribution in [0.1, 0.15) is 0 Å². The molecule has 0 aliphatic rings. The number of halogens is 34. The molecular weight excluding hydrogens is 1100 g/mol. The monoisotopic (exact) mass is 1100 g/mol. The Morgan fingerprint density at radius 2 is 0.431 bits per heavy atom. The van der Waals surface area contributed by atoms with Gasteiger partial charge >= 0.3 is 126 Å². The molecule has 0 aliphatic heterocycles. The topological polar surface area (TPSA) is 161 Å². The fourth-order valence-electron chi connectivity index (χ4n) is 3.20. The second kappa shape index (κ2) is 15.2. The van der Waals surface area contributed by atoms with Crippen LogP contribution < -0.4 is 0 Å². The lowest BCUT2D eigenvalue weighted by molar-refractivity contribution is -1.10. The van der Waals surface area contributed by atoms with Crippen molar-refractivity contribution >= 4 is 32.4 Å². The molecule has 2 amide bonds. The van der Waals surface area contributed by atoms with Gasteiger partial charge < -0.3 is 10.2 Å². The zero-order chi connectivity index (χ0) is 54.1. The van der Waals surface area contributed by atoms with Crippen LogP contribution in [0.4, 0.5) is 159 Å². The fraction of sp³-hybridized carbons (Fsp3) is 0.889. The molecule has 0 radical (unpaired) electrons. The molecule has 0 aromatic rings. The molecule has 0 aromatic heterocycles. The average molecular weight is 1100 g/mol. The van der Waals surface area contributed by atoms with Crippen molar-refractivity contribution in [3.63, 3.8) is 0 Å². The summed E-state index contributed by atoms with van der Waals surface area (Å²) in [6.07, 6.45) is -27.1. The van der Waals surface area contributed by atoms with Gasteiger partial charge in [0.2, 0.25) is 4.81 Å². The summed E-state index contributed by atoms with van der Waals surface area (Å²) in [4.78, 5) is 15.8. The highest BCUT2D eigenvalue weighted by atomic mass is 32.2. The maximum absolute atomic E-state index is 14.3. The third-order valence-corrected chi connectivity index (χ3v) is 9.51. The van der Waals surface area contributed by atoms with Gasteiger partial charge in [-0.25, -0.2) is 0 Å². The smallest absolute Gasteiger partial charge is 0.430 e. The fourth-order valence-corrected chi connectivity index (χ4v) is 5.18. The molecule has 2 N–H and O–H groups in total. The average Bonchev–Trinajstić information content (AvgIpc) is 3.05. The van der Waals surface area contributed by atoms with Crippen LogP contribution in [-0.2, 0) is 28.8 Å². The van der Waals surface area contributed by atoms with Crippen molar-refractivity contribution in [2.45, 2.75) is 93.9 Å². The van der Waals surface area contributed by atoms with Crippen LogP contribution >= 0.6 is 0 Å². The van der Waals surface area contributed by atoms with E-state index in [0.717, 1.165) is 0 Å².